The highest BCUT2D eigenvalue weighted by Crippen LogP contribution is 2.33. The molecule has 1 aliphatic rings. The SMILES string of the molecule is CC(c1ccccc1)C1CN(Cc2ccccc2)C1=O. The van der Waals surface area contributed by atoms with E-state index in [9.17, 15) is 4.79 Å². The Kier molecular flexibility index (Phi) is 3.55. The van der Waals surface area contributed by atoms with E-state index < -0.39 is 0 Å². The van der Waals surface area contributed by atoms with Gasteiger partial charge in [0.1, 0.15) is 0 Å². The molecule has 0 bridgehead atoms. The predicted octanol–water partition coefficient (Wildman–Crippen LogP) is 3.45. The van der Waals surface area contributed by atoms with Crippen LogP contribution in [-0.4, -0.2) is 17.4 Å². The first-order valence-corrected chi connectivity index (χ1v) is 7.13. The number of rotatable bonds is 4. The highest BCUT2D eigenvalue weighted by atomic mass is 16.2. The second-order valence-corrected chi connectivity index (χ2v) is 5.51. The summed E-state index contributed by atoms with van der Waals surface area (Å²) in [5, 5.41) is 0. The van der Waals surface area contributed by atoms with Crippen LogP contribution in [0.5, 0.6) is 0 Å². The Bertz CT molecular complexity index is 579. The fourth-order valence-electron chi connectivity index (χ4n) is 2.83. The van der Waals surface area contributed by atoms with E-state index >= 15 is 0 Å². The minimum atomic E-state index is 0.140. The van der Waals surface area contributed by atoms with Gasteiger partial charge in [-0.3, -0.25) is 4.79 Å². The number of carbonyl (C=O) groups excluding carboxylic acids is 1. The zero-order valence-electron chi connectivity index (χ0n) is 11.7. The first-order chi connectivity index (χ1) is 9.75. The lowest BCUT2D eigenvalue weighted by Gasteiger charge is -2.41. The molecule has 2 aromatic carbocycles. The molecule has 0 radical (unpaired) electrons. The predicted molar refractivity (Wildman–Crippen MR) is 80.2 cm³/mol. The van der Waals surface area contributed by atoms with Gasteiger partial charge in [-0.05, 0) is 17.0 Å². The van der Waals surface area contributed by atoms with E-state index in [1.165, 1.54) is 11.1 Å². The molecule has 1 heterocycles. The quantitative estimate of drug-likeness (QED) is 0.775. The molecular weight excluding hydrogens is 246 g/mol. The summed E-state index contributed by atoms with van der Waals surface area (Å²) in [7, 11) is 0. The largest absolute Gasteiger partial charge is 0.337 e. The fraction of sp³-hybridized carbons (Fsp3) is 0.278. The standard InChI is InChI=1S/C18H19NO/c1-14(16-10-6-3-7-11-16)17-13-19(18(17)20)12-15-8-4-2-5-9-15/h2-11,14,17H,12-13H2,1H3. The zero-order chi connectivity index (χ0) is 13.9. The first-order valence-electron chi connectivity index (χ1n) is 7.13. The molecule has 1 aliphatic heterocycles. The van der Waals surface area contributed by atoms with Crippen molar-refractivity contribution < 1.29 is 4.79 Å². The molecule has 2 heteroatoms. The second-order valence-electron chi connectivity index (χ2n) is 5.51. The first kappa shape index (κ1) is 12.9. The van der Waals surface area contributed by atoms with Gasteiger partial charge in [-0.2, -0.15) is 0 Å². The molecule has 1 saturated heterocycles. The van der Waals surface area contributed by atoms with Crippen LogP contribution in [-0.2, 0) is 11.3 Å². The summed E-state index contributed by atoms with van der Waals surface area (Å²) in [5.41, 5.74) is 2.46. The van der Waals surface area contributed by atoms with E-state index in [1.54, 1.807) is 0 Å². The number of likely N-dealkylation sites (tertiary alicyclic amines) is 1. The number of nitrogens with zero attached hydrogens (tertiary/aromatic N) is 1. The number of hydrogen-bond donors (Lipinski definition) is 0. The van der Waals surface area contributed by atoms with Gasteiger partial charge in [0.25, 0.3) is 0 Å². The number of benzene rings is 2. The molecule has 2 atom stereocenters. The lowest BCUT2D eigenvalue weighted by Crippen LogP contribution is -2.53. The van der Waals surface area contributed by atoms with Gasteiger partial charge in [0.15, 0.2) is 0 Å². The topological polar surface area (TPSA) is 20.3 Å². The Morgan fingerprint density at radius 1 is 1.05 bits per heavy atom. The molecule has 2 aromatic rings. The van der Waals surface area contributed by atoms with Crippen LogP contribution in [0.3, 0.4) is 0 Å². The molecule has 3 rings (SSSR count). The molecule has 2 unspecified atom stereocenters. The van der Waals surface area contributed by atoms with Gasteiger partial charge in [-0.25, -0.2) is 0 Å². The third kappa shape index (κ3) is 2.46. The van der Waals surface area contributed by atoms with Crippen LogP contribution < -0.4 is 0 Å². The van der Waals surface area contributed by atoms with Crippen LogP contribution in [0.25, 0.3) is 0 Å². The molecule has 2 nitrogen and oxygen atoms in total. The van der Waals surface area contributed by atoms with Crippen molar-refractivity contribution in [1.82, 2.24) is 4.90 Å². The molecular formula is C18H19NO. The summed E-state index contributed by atoms with van der Waals surface area (Å²) in [6.45, 7) is 3.75. The maximum atomic E-state index is 12.3. The molecule has 0 N–H and O–H groups in total. The molecule has 0 spiro atoms. The van der Waals surface area contributed by atoms with E-state index in [4.69, 9.17) is 0 Å². The Balaban J connectivity index is 1.62. The Labute approximate surface area is 120 Å². The lowest BCUT2D eigenvalue weighted by atomic mass is 9.81. The minimum absolute atomic E-state index is 0.140. The van der Waals surface area contributed by atoms with Crippen molar-refractivity contribution in [2.75, 3.05) is 6.54 Å². The van der Waals surface area contributed by atoms with Crippen LogP contribution in [0, 0.1) is 5.92 Å². The number of hydrogen-bond acceptors (Lipinski definition) is 1. The molecule has 102 valence electrons. The van der Waals surface area contributed by atoms with Gasteiger partial charge in [0.05, 0.1) is 5.92 Å². The maximum Gasteiger partial charge on any atom is 0.228 e. The summed E-state index contributed by atoms with van der Waals surface area (Å²) in [6, 6.07) is 20.5. The number of β-lactam (4-membered cyclic amide) rings is 1. The molecule has 20 heavy (non-hydrogen) atoms. The average molecular weight is 265 g/mol. The van der Waals surface area contributed by atoms with E-state index in [1.807, 2.05) is 41.3 Å². The summed E-state index contributed by atoms with van der Waals surface area (Å²) >= 11 is 0. The normalized spacial score (nSPS) is 19.6. The number of carbonyl (C=O) groups is 1. The van der Waals surface area contributed by atoms with Crippen molar-refractivity contribution in [3.63, 3.8) is 0 Å². The minimum Gasteiger partial charge on any atom is -0.337 e. The Hall–Kier alpha value is -2.09. The van der Waals surface area contributed by atoms with Gasteiger partial charge in [0.2, 0.25) is 5.91 Å². The van der Waals surface area contributed by atoms with Gasteiger partial charge >= 0.3 is 0 Å². The van der Waals surface area contributed by atoms with Gasteiger partial charge in [-0.15, -0.1) is 0 Å². The molecule has 0 aliphatic carbocycles. The lowest BCUT2D eigenvalue weighted by molar-refractivity contribution is -0.149. The zero-order valence-corrected chi connectivity index (χ0v) is 11.7. The summed E-state index contributed by atoms with van der Waals surface area (Å²) in [5.74, 6) is 0.724. The Morgan fingerprint density at radius 3 is 2.25 bits per heavy atom. The molecule has 0 saturated carbocycles. The molecule has 1 amide bonds. The van der Waals surface area contributed by atoms with Crippen LogP contribution in [0.4, 0.5) is 0 Å². The van der Waals surface area contributed by atoms with E-state index in [0.717, 1.165) is 13.1 Å². The van der Waals surface area contributed by atoms with Gasteiger partial charge in [0, 0.05) is 13.1 Å². The maximum absolute atomic E-state index is 12.3. The van der Waals surface area contributed by atoms with Crippen LogP contribution in [0.2, 0.25) is 0 Å². The highest BCUT2D eigenvalue weighted by Gasteiger charge is 2.40. The van der Waals surface area contributed by atoms with E-state index in [2.05, 4.69) is 31.2 Å². The van der Waals surface area contributed by atoms with Crippen LogP contribution in [0.15, 0.2) is 60.7 Å². The number of amides is 1. The Morgan fingerprint density at radius 2 is 1.65 bits per heavy atom. The second kappa shape index (κ2) is 5.49. The summed E-state index contributed by atoms with van der Waals surface area (Å²) < 4.78 is 0. The van der Waals surface area contributed by atoms with Crippen molar-refractivity contribution in [2.24, 2.45) is 5.92 Å². The van der Waals surface area contributed by atoms with Gasteiger partial charge in [-0.1, -0.05) is 67.6 Å². The molecule has 0 aromatic heterocycles. The van der Waals surface area contributed by atoms with Crippen molar-refractivity contribution in [1.29, 1.82) is 0 Å². The summed E-state index contributed by atoms with van der Waals surface area (Å²) in [4.78, 5) is 14.3. The van der Waals surface area contributed by atoms with Crippen molar-refractivity contribution in [3.05, 3.63) is 71.8 Å². The monoisotopic (exact) mass is 265 g/mol. The smallest absolute Gasteiger partial charge is 0.228 e. The average Bonchev–Trinajstić information content (AvgIpc) is 2.52. The van der Waals surface area contributed by atoms with E-state index in [-0.39, 0.29) is 11.8 Å². The highest BCUT2D eigenvalue weighted by molar-refractivity contribution is 5.85. The van der Waals surface area contributed by atoms with E-state index in [0.29, 0.717) is 5.92 Å². The molecule has 1 fully saturated rings. The van der Waals surface area contributed by atoms with Crippen LogP contribution >= 0.6 is 0 Å². The third-order valence-electron chi connectivity index (χ3n) is 4.19. The van der Waals surface area contributed by atoms with Crippen molar-refractivity contribution in [2.45, 2.75) is 19.4 Å². The van der Waals surface area contributed by atoms with Crippen molar-refractivity contribution in [3.8, 4) is 0 Å². The van der Waals surface area contributed by atoms with Crippen LogP contribution in [0.1, 0.15) is 24.0 Å². The third-order valence-corrected chi connectivity index (χ3v) is 4.19. The fourth-order valence-corrected chi connectivity index (χ4v) is 2.83. The van der Waals surface area contributed by atoms with Crippen molar-refractivity contribution >= 4 is 5.91 Å². The summed E-state index contributed by atoms with van der Waals surface area (Å²) in [6.07, 6.45) is 0. The van der Waals surface area contributed by atoms with Gasteiger partial charge < -0.3 is 4.90 Å².